The predicted molar refractivity (Wildman–Crippen MR) is 136 cm³/mol. The van der Waals surface area contributed by atoms with Gasteiger partial charge in [0.05, 0.1) is 11.8 Å². The molecule has 0 N–H and O–H groups in total. The summed E-state index contributed by atoms with van der Waals surface area (Å²) in [5.41, 5.74) is 1.79. The van der Waals surface area contributed by atoms with Crippen molar-refractivity contribution in [3.05, 3.63) is 80.1 Å². The van der Waals surface area contributed by atoms with E-state index >= 15 is 0 Å². The van der Waals surface area contributed by atoms with Crippen molar-refractivity contribution in [3.63, 3.8) is 0 Å². The van der Waals surface area contributed by atoms with Gasteiger partial charge in [0.15, 0.2) is 0 Å². The Morgan fingerprint density at radius 1 is 0.971 bits per heavy atom. The van der Waals surface area contributed by atoms with Crippen molar-refractivity contribution in [1.82, 2.24) is 9.55 Å². The summed E-state index contributed by atoms with van der Waals surface area (Å²) >= 11 is 6.04. The van der Waals surface area contributed by atoms with Crippen molar-refractivity contribution in [3.8, 4) is 11.6 Å². The molecule has 0 atom stereocenters. The second-order valence-electron chi connectivity index (χ2n) is 9.42. The molecule has 0 saturated heterocycles. The van der Waals surface area contributed by atoms with E-state index in [1.165, 1.54) is 25.1 Å². The average Bonchev–Trinajstić information content (AvgIpc) is 2.74. The molecule has 2 aromatic carbocycles. The summed E-state index contributed by atoms with van der Waals surface area (Å²) in [6.45, 7) is 13.3. The fourth-order valence-electron chi connectivity index (χ4n) is 3.90. The van der Waals surface area contributed by atoms with Gasteiger partial charge >= 0.3 is 10.1 Å². The van der Waals surface area contributed by atoms with Crippen LogP contribution in [0.25, 0.3) is 5.69 Å². The van der Waals surface area contributed by atoms with E-state index < -0.39 is 21.5 Å². The van der Waals surface area contributed by atoms with Gasteiger partial charge in [-0.2, -0.15) is 13.4 Å². The quantitative estimate of drug-likeness (QED) is 0.333. The van der Waals surface area contributed by atoms with Crippen LogP contribution in [-0.4, -0.2) is 18.0 Å². The van der Waals surface area contributed by atoms with E-state index in [4.69, 9.17) is 15.8 Å². The standard InChI is InChI=1S/C26H30ClFN2O4S/c1-14(2)18-11-19(15(3)4)26(20(12-18)16(5)6)35(32,33)34-23-13-24(31)30(17(7)29-23)22-10-8-9-21(28)25(22)27/h8-16H,1-7H3. The molecule has 188 valence electrons. The van der Waals surface area contributed by atoms with Gasteiger partial charge in [-0.25, -0.2) is 4.39 Å². The van der Waals surface area contributed by atoms with Gasteiger partial charge in [-0.3, -0.25) is 9.36 Å². The molecule has 1 heterocycles. The van der Waals surface area contributed by atoms with Crippen LogP contribution < -0.4 is 9.74 Å². The topological polar surface area (TPSA) is 78.3 Å². The lowest BCUT2D eigenvalue weighted by molar-refractivity contribution is 0.469. The number of aromatic nitrogens is 2. The Bertz CT molecular complexity index is 1400. The third-order valence-corrected chi connectivity index (χ3v) is 7.50. The maximum atomic E-state index is 13.9. The number of halogens is 2. The van der Waals surface area contributed by atoms with Gasteiger partial charge in [0.1, 0.15) is 21.6 Å². The summed E-state index contributed by atoms with van der Waals surface area (Å²) in [6, 6.07) is 8.82. The van der Waals surface area contributed by atoms with Gasteiger partial charge < -0.3 is 4.18 Å². The predicted octanol–water partition coefficient (Wildman–Crippen LogP) is 6.47. The lowest BCUT2D eigenvalue weighted by atomic mass is 9.89. The van der Waals surface area contributed by atoms with Crippen molar-refractivity contribution >= 4 is 21.7 Å². The SMILES string of the molecule is Cc1nc(OS(=O)(=O)c2c(C(C)C)cc(C(C)C)cc2C(C)C)cc(=O)n1-c1cccc(F)c1Cl. The summed E-state index contributed by atoms with van der Waals surface area (Å²) in [7, 11) is -4.33. The number of hydrogen-bond acceptors (Lipinski definition) is 5. The third-order valence-electron chi connectivity index (χ3n) is 5.76. The highest BCUT2D eigenvalue weighted by Crippen LogP contribution is 2.36. The van der Waals surface area contributed by atoms with Crippen LogP contribution >= 0.6 is 11.6 Å². The van der Waals surface area contributed by atoms with Crippen molar-refractivity contribution in [2.24, 2.45) is 0 Å². The van der Waals surface area contributed by atoms with Gasteiger partial charge in [-0.1, -0.05) is 71.3 Å². The molecule has 9 heteroatoms. The Labute approximate surface area is 210 Å². The number of hydrogen-bond donors (Lipinski definition) is 0. The van der Waals surface area contributed by atoms with Gasteiger partial charge in [0, 0.05) is 0 Å². The fraction of sp³-hybridized carbons (Fsp3) is 0.385. The van der Waals surface area contributed by atoms with E-state index in [2.05, 4.69) is 18.8 Å². The van der Waals surface area contributed by atoms with Crippen molar-refractivity contribution in [2.75, 3.05) is 0 Å². The normalized spacial score (nSPS) is 12.1. The van der Waals surface area contributed by atoms with Crippen LogP contribution in [0.1, 0.15) is 81.8 Å². The lowest BCUT2D eigenvalue weighted by Crippen LogP contribution is -2.24. The minimum Gasteiger partial charge on any atom is -0.358 e. The van der Waals surface area contributed by atoms with E-state index in [1.807, 2.05) is 39.8 Å². The van der Waals surface area contributed by atoms with Crippen LogP contribution in [-0.2, 0) is 10.1 Å². The zero-order chi connectivity index (χ0) is 26.2. The molecule has 0 unspecified atom stereocenters. The van der Waals surface area contributed by atoms with Crippen LogP contribution in [0.5, 0.6) is 5.88 Å². The lowest BCUT2D eigenvalue weighted by Gasteiger charge is -2.22. The zero-order valence-corrected chi connectivity index (χ0v) is 22.5. The highest BCUT2D eigenvalue weighted by Gasteiger charge is 2.29. The first-order valence-corrected chi connectivity index (χ1v) is 13.2. The van der Waals surface area contributed by atoms with E-state index in [0.717, 1.165) is 16.2 Å². The van der Waals surface area contributed by atoms with E-state index in [9.17, 15) is 17.6 Å². The Morgan fingerprint density at radius 2 is 1.54 bits per heavy atom. The Balaban J connectivity index is 2.15. The molecule has 0 aliphatic carbocycles. The molecular formula is C26H30ClFN2O4S. The van der Waals surface area contributed by atoms with Gasteiger partial charge in [-0.05, 0) is 53.5 Å². The number of benzene rings is 2. The number of aryl methyl sites for hydroxylation is 1. The van der Waals surface area contributed by atoms with Crippen LogP contribution in [0.4, 0.5) is 4.39 Å². The summed E-state index contributed by atoms with van der Waals surface area (Å²) in [6.07, 6.45) is 0. The molecule has 3 rings (SSSR count). The highest BCUT2D eigenvalue weighted by molar-refractivity contribution is 7.87. The van der Waals surface area contributed by atoms with Crippen LogP contribution in [0, 0.1) is 12.7 Å². The average molecular weight is 521 g/mol. The Hall–Kier alpha value is -2.71. The summed E-state index contributed by atoms with van der Waals surface area (Å²) in [5, 5.41) is -0.241. The monoisotopic (exact) mass is 520 g/mol. The zero-order valence-electron chi connectivity index (χ0n) is 20.9. The second kappa shape index (κ2) is 10.1. The van der Waals surface area contributed by atoms with E-state index in [0.29, 0.717) is 11.1 Å². The Kier molecular flexibility index (Phi) is 7.77. The van der Waals surface area contributed by atoms with Gasteiger partial charge in [0.25, 0.3) is 5.56 Å². The second-order valence-corrected chi connectivity index (χ2v) is 11.3. The van der Waals surface area contributed by atoms with Gasteiger partial charge in [0.2, 0.25) is 5.88 Å². The van der Waals surface area contributed by atoms with E-state index in [1.54, 1.807) is 0 Å². The summed E-state index contributed by atoms with van der Waals surface area (Å²) in [4.78, 5) is 17.2. The molecule has 0 fully saturated rings. The molecular weight excluding hydrogens is 491 g/mol. The molecule has 3 aromatic rings. The first kappa shape index (κ1) is 26.9. The van der Waals surface area contributed by atoms with Gasteiger partial charge in [-0.15, -0.1) is 0 Å². The number of rotatable bonds is 7. The largest absolute Gasteiger partial charge is 0.358 e. The maximum absolute atomic E-state index is 13.9. The first-order chi connectivity index (χ1) is 16.2. The molecule has 6 nitrogen and oxygen atoms in total. The van der Waals surface area contributed by atoms with Crippen molar-refractivity contribution in [1.29, 1.82) is 0 Å². The molecule has 0 amide bonds. The van der Waals surface area contributed by atoms with E-state index in [-0.39, 0.29) is 45.1 Å². The molecule has 1 aromatic heterocycles. The molecule has 0 aliphatic heterocycles. The molecule has 0 bridgehead atoms. The van der Waals surface area contributed by atoms with Crippen molar-refractivity contribution in [2.45, 2.75) is 71.1 Å². The fourth-order valence-corrected chi connectivity index (χ4v) is 5.68. The summed E-state index contributed by atoms with van der Waals surface area (Å²) < 4.78 is 47.6. The maximum Gasteiger partial charge on any atom is 0.341 e. The summed E-state index contributed by atoms with van der Waals surface area (Å²) in [5.74, 6) is -0.915. The van der Waals surface area contributed by atoms with Crippen LogP contribution in [0.3, 0.4) is 0 Å². The molecule has 0 aliphatic rings. The smallest absolute Gasteiger partial charge is 0.341 e. The van der Waals surface area contributed by atoms with Crippen LogP contribution in [0.2, 0.25) is 5.02 Å². The number of nitrogens with zero attached hydrogens (tertiary/aromatic N) is 2. The van der Waals surface area contributed by atoms with Crippen LogP contribution in [0.15, 0.2) is 46.1 Å². The minimum atomic E-state index is -4.33. The van der Waals surface area contributed by atoms with Crippen molar-refractivity contribution < 1.29 is 17.0 Å². The third kappa shape index (κ3) is 5.43. The molecule has 0 spiro atoms. The molecule has 0 radical (unpaired) electrons. The first-order valence-electron chi connectivity index (χ1n) is 11.4. The minimum absolute atomic E-state index is 0.0857. The molecule has 35 heavy (non-hydrogen) atoms. The highest BCUT2D eigenvalue weighted by atomic mass is 35.5. The Morgan fingerprint density at radius 3 is 2.03 bits per heavy atom. The molecule has 0 saturated carbocycles.